The van der Waals surface area contributed by atoms with Gasteiger partial charge in [-0.3, -0.25) is 19.8 Å². The Morgan fingerprint density at radius 2 is 2.00 bits per heavy atom. The van der Waals surface area contributed by atoms with Crippen molar-refractivity contribution in [3.8, 4) is 11.5 Å². The number of carbonyl (C=O) groups is 1. The van der Waals surface area contributed by atoms with E-state index in [1.54, 1.807) is 30.3 Å². The number of methoxy groups -OCH3 is 1. The van der Waals surface area contributed by atoms with Gasteiger partial charge in [-0.05, 0) is 60.1 Å². The summed E-state index contributed by atoms with van der Waals surface area (Å²) >= 11 is 11.6. The van der Waals surface area contributed by atoms with E-state index in [9.17, 15) is 14.9 Å². The summed E-state index contributed by atoms with van der Waals surface area (Å²) in [7, 11) is 1.48. The number of nitrogens with one attached hydrogen (secondary N) is 1. The normalized spacial score (nSPS) is 14.7. The minimum Gasteiger partial charge on any atom is -0.493 e. The highest BCUT2D eigenvalue weighted by molar-refractivity contribution is 7.80. The number of amides is 1. The second kappa shape index (κ2) is 9.76. The molecule has 1 N–H and O–H groups in total. The van der Waals surface area contributed by atoms with E-state index in [0.717, 1.165) is 12.0 Å². The van der Waals surface area contributed by atoms with Crippen LogP contribution >= 0.6 is 23.8 Å². The largest absolute Gasteiger partial charge is 0.493 e. The fourth-order valence-electron chi connectivity index (χ4n) is 3.00. The van der Waals surface area contributed by atoms with Gasteiger partial charge in [0.15, 0.2) is 16.6 Å². The predicted molar refractivity (Wildman–Crippen MR) is 121 cm³/mol. The molecule has 0 atom stereocenters. The number of ether oxygens (including phenoxy) is 2. The van der Waals surface area contributed by atoms with Crippen LogP contribution in [0.4, 0.5) is 5.69 Å². The van der Waals surface area contributed by atoms with Crippen LogP contribution in [0.5, 0.6) is 11.5 Å². The molecule has 1 fully saturated rings. The van der Waals surface area contributed by atoms with Crippen molar-refractivity contribution in [3.63, 3.8) is 0 Å². The SMILES string of the molecule is CCCN1C(=O)/C(=C/c2cc(Cl)c(OCc3ccc([N+](=O)[O-])cc3)c(OC)c2)NC1=S. The van der Waals surface area contributed by atoms with Crippen LogP contribution in [0.15, 0.2) is 42.1 Å². The molecule has 2 aromatic carbocycles. The summed E-state index contributed by atoms with van der Waals surface area (Å²) in [6.07, 6.45) is 2.44. The van der Waals surface area contributed by atoms with Gasteiger partial charge in [0, 0.05) is 18.7 Å². The second-order valence-corrected chi connectivity index (χ2v) is 7.49. The van der Waals surface area contributed by atoms with E-state index in [2.05, 4.69) is 5.32 Å². The first-order valence-corrected chi connectivity index (χ1v) is 10.2. The summed E-state index contributed by atoms with van der Waals surface area (Å²) in [6.45, 7) is 2.66. The van der Waals surface area contributed by atoms with E-state index in [-0.39, 0.29) is 18.2 Å². The van der Waals surface area contributed by atoms with Crippen LogP contribution in [-0.2, 0) is 11.4 Å². The van der Waals surface area contributed by atoms with Crippen molar-refractivity contribution in [2.75, 3.05) is 13.7 Å². The van der Waals surface area contributed by atoms with Crippen LogP contribution < -0.4 is 14.8 Å². The molecule has 2 aromatic rings. The summed E-state index contributed by atoms with van der Waals surface area (Å²) < 4.78 is 11.2. The van der Waals surface area contributed by atoms with Gasteiger partial charge < -0.3 is 14.8 Å². The van der Waals surface area contributed by atoms with Crippen LogP contribution in [0.25, 0.3) is 6.08 Å². The third-order valence-electron chi connectivity index (χ3n) is 4.50. The molecule has 0 unspecified atom stereocenters. The number of halogens is 1. The lowest BCUT2D eigenvalue weighted by atomic mass is 10.1. The zero-order chi connectivity index (χ0) is 22.5. The van der Waals surface area contributed by atoms with Crippen LogP contribution in [0.3, 0.4) is 0 Å². The molecular formula is C21H20ClN3O5S. The third-order valence-corrected chi connectivity index (χ3v) is 5.11. The summed E-state index contributed by atoms with van der Waals surface area (Å²) in [4.78, 5) is 24.3. The summed E-state index contributed by atoms with van der Waals surface area (Å²) in [5.74, 6) is 0.527. The molecule has 1 amide bonds. The van der Waals surface area contributed by atoms with Gasteiger partial charge >= 0.3 is 0 Å². The highest BCUT2D eigenvalue weighted by atomic mass is 35.5. The van der Waals surface area contributed by atoms with Crippen molar-refractivity contribution in [1.29, 1.82) is 0 Å². The van der Waals surface area contributed by atoms with E-state index >= 15 is 0 Å². The van der Waals surface area contributed by atoms with Gasteiger partial charge in [0.05, 0.1) is 17.1 Å². The number of non-ortho nitro benzene ring substituents is 1. The molecule has 162 valence electrons. The molecule has 1 heterocycles. The number of benzene rings is 2. The van der Waals surface area contributed by atoms with Gasteiger partial charge in [0.2, 0.25) is 0 Å². The zero-order valence-electron chi connectivity index (χ0n) is 16.9. The fraction of sp³-hybridized carbons (Fsp3) is 0.238. The van der Waals surface area contributed by atoms with Gasteiger partial charge in [-0.1, -0.05) is 18.5 Å². The van der Waals surface area contributed by atoms with Crippen molar-refractivity contribution in [2.24, 2.45) is 0 Å². The maximum Gasteiger partial charge on any atom is 0.276 e. The van der Waals surface area contributed by atoms with E-state index in [1.165, 1.54) is 24.1 Å². The van der Waals surface area contributed by atoms with Gasteiger partial charge in [-0.25, -0.2) is 0 Å². The summed E-state index contributed by atoms with van der Waals surface area (Å²) in [5, 5.41) is 14.4. The Hall–Kier alpha value is -3.17. The lowest BCUT2D eigenvalue weighted by Gasteiger charge is -2.13. The molecule has 10 heteroatoms. The Morgan fingerprint density at radius 3 is 2.61 bits per heavy atom. The zero-order valence-corrected chi connectivity index (χ0v) is 18.5. The van der Waals surface area contributed by atoms with Crippen molar-refractivity contribution < 1.29 is 19.2 Å². The smallest absolute Gasteiger partial charge is 0.276 e. The summed E-state index contributed by atoms with van der Waals surface area (Å²) in [5.41, 5.74) is 1.74. The molecule has 0 bridgehead atoms. The molecule has 3 rings (SSSR count). The molecular weight excluding hydrogens is 442 g/mol. The molecule has 0 aliphatic carbocycles. The van der Waals surface area contributed by atoms with Crippen LogP contribution in [0, 0.1) is 10.1 Å². The quantitative estimate of drug-likeness (QED) is 0.271. The fourth-order valence-corrected chi connectivity index (χ4v) is 3.56. The molecule has 31 heavy (non-hydrogen) atoms. The predicted octanol–water partition coefficient (Wildman–Crippen LogP) is 4.30. The Bertz CT molecular complexity index is 1060. The van der Waals surface area contributed by atoms with Crippen LogP contribution in [-0.4, -0.2) is 34.5 Å². The second-order valence-electron chi connectivity index (χ2n) is 6.69. The molecule has 1 aliphatic rings. The number of hydrogen-bond donors (Lipinski definition) is 1. The van der Waals surface area contributed by atoms with E-state index < -0.39 is 4.92 Å². The molecule has 0 radical (unpaired) electrons. The average Bonchev–Trinajstić information content (AvgIpc) is 3.00. The first kappa shape index (κ1) is 22.5. The van der Waals surface area contributed by atoms with Crippen molar-refractivity contribution in [3.05, 3.63) is 68.4 Å². The van der Waals surface area contributed by atoms with Crippen molar-refractivity contribution in [1.82, 2.24) is 10.2 Å². The third kappa shape index (κ3) is 5.12. The molecule has 1 saturated heterocycles. The Morgan fingerprint density at radius 1 is 1.29 bits per heavy atom. The lowest BCUT2D eigenvalue weighted by Crippen LogP contribution is -2.31. The minimum atomic E-state index is -0.462. The number of thiocarbonyl (C=S) groups is 1. The molecule has 0 aromatic heterocycles. The Labute approximate surface area is 189 Å². The molecule has 1 aliphatic heterocycles. The number of rotatable bonds is 8. The van der Waals surface area contributed by atoms with Crippen LogP contribution in [0.1, 0.15) is 24.5 Å². The Kier molecular flexibility index (Phi) is 7.09. The first-order valence-electron chi connectivity index (χ1n) is 9.42. The standard InChI is InChI=1S/C21H20ClN3O5S/c1-3-8-24-20(26)17(23-21(24)31)10-14-9-16(22)19(18(11-14)29-2)30-12-13-4-6-15(7-5-13)25(27)28/h4-7,9-11H,3,8,12H2,1-2H3,(H,23,31)/b17-10-. The first-order chi connectivity index (χ1) is 14.8. The van der Waals surface area contributed by atoms with Crippen molar-refractivity contribution >= 4 is 46.6 Å². The highest BCUT2D eigenvalue weighted by Gasteiger charge is 2.29. The summed E-state index contributed by atoms with van der Waals surface area (Å²) in [6, 6.07) is 9.39. The molecule has 0 spiro atoms. The number of carbonyl (C=O) groups excluding carboxylic acids is 1. The number of nitro groups is 1. The topological polar surface area (TPSA) is 93.9 Å². The van der Waals surface area contributed by atoms with Gasteiger partial charge in [0.1, 0.15) is 12.3 Å². The van der Waals surface area contributed by atoms with Gasteiger partial charge in [-0.15, -0.1) is 0 Å². The average molecular weight is 462 g/mol. The maximum atomic E-state index is 12.5. The van der Waals surface area contributed by atoms with E-state index in [1.807, 2.05) is 6.92 Å². The highest BCUT2D eigenvalue weighted by Crippen LogP contribution is 2.37. The monoisotopic (exact) mass is 461 g/mol. The molecule has 8 nitrogen and oxygen atoms in total. The van der Waals surface area contributed by atoms with Gasteiger partial charge in [-0.2, -0.15) is 0 Å². The van der Waals surface area contributed by atoms with Crippen LogP contribution in [0.2, 0.25) is 5.02 Å². The van der Waals surface area contributed by atoms with Gasteiger partial charge in [0.25, 0.3) is 11.6 Å². The van der Waals surface area contributed by atoms with E-state index in [4.69, 9.17) is 33.3 Å². The van der Waals surface area contributed by atoms with E-state index in [0.29, 0.717) is 39.4 Å². The minimum absolute atomic E-state index is 0.00352. The number of nitrogens with zero attached hydrogens (tertiary/aromatic N) is 2. The lowest BCUT2D eigenvalue weighted by molar-refractivity contribution is -0.384. The molecule has 0 saturated carbocycles. The maximum absolute atomic E-state index is 12.5. The van der Waals surface area contributed by atoms with Crippen molar-refractivity contribution in [2.45, 2.75) is 20.0 Å². The number of hydrogen-bond acceptors (Lipinski definition) is 6. The number of nitro benzene ring substituents is 1. The Balaban J connectivity index is 1.79.